The third kappa shape index (κ3) is 5.62. The molecule has 148 valence electrons. The quantitative estimate of drug-likeness (QED) is 0.636. The minimum Gasteiger partial charge on any atom is -0.481 e. The van der Waals surface area contributed by atoms with Crippen molar-refractivity contribution in [3.63, 3.8) is 0 Å². The first kappa shape index (κ1) is 20.0. The Hall–Kier alpha value is -3.74. The van der Waals surface area contributed by atoms with Crippen LogP contribution >= 0.6 is 0 Å². The van der Waals surface area contributed by atoms with Crippen LogP contribution in [-0.2, 0) is 11.3 Å². The molecule has 0 bridgehead atoms. The highest BCUT2D eigenvalue weighted by Gasteiger charge is 2.09. The molecule has 5 nitrogen and oxygen atoms in total. The number of anilines is 1. The molecular formula is C22H18F2N2O3. The zero-order valence-electron chi connectivity index (χ0n) is 15.3. The summed E-state index contributed by atoms with van der Waals surface area (Å²) in [6.07, 6.45) is 0. The standard InChI is InChI=1S/C22H18F2N2O3/c23-18-6-2-1-5-16(18)13-25-22(28)15-9-11-17(12-10-15)26-21(27)14-29-20-8-4-3-7-19(20)24/h1-12H,13-14H2,(H,25,28)(H,26,27). The fourth-order valence-corrected chi connectivity index (χ4v) is 2.53. The summed E-state index contributed by atoms with van der Waals surface area (Å²) in [5.74, 6) is -1.78. The van der Waals surface area contributed by atoms with Gasteiger partial charge in [0.2, 0.25) is 0 Å². The van der Waals surface area contributed by atoms with Crippen molar-refractivity contribution in [2.24, 2.45) is 0 Å². The molecule has 0 aromatic heterocycles. The van der Waals surface area contributed by atoms with Crippen LogP contribution in [0.15, 0.2) is 72.8 Å². The van der Waals surface area contributed by atoms with Gasteiger partial charge in [-0.3, -0.25) is 9.59 Å². The van der Waals surface area contributed by atoms with Gasteiger partial charge in [-0.15, -0.1) is 0 Å². The molecule has 0 aliphatic heterocycles. The van der Waals surface area contributed by atoms with Gasteiger partial charge in [-0.25, -0.2) is 8.78 Å². The number of amides is 2. The highest BCUT2D eigenvalue weighted by molar-refractivity contribution is 5.96. The molecule has 29 heavy (non-hydrogen) atoms. The summed E-state index contributed by atoms with van der Waals surface area (Å²) in [6.45, 7) is -0.289. The third-order valence-electron chi connectivity index (χ3n) is 4.02. The fraction of sp³-hybridized carbons (Fsp3) is 0.0909. The van der Waals surface area contributed by atoms with E-state index in [0.717, 1.165) is 0 Å². The third-order valence-corrected chi connectivity index (χ3v) is 4.02. The zero-order chi connectivity index (χ0) is 20.6. The Labute approximate surface area is 166 Å². The van der Waals surface area contributed by atoms with Gasteiger partial charge in [-0.1, -0.05) is 30.3 Å². The van der Waals surface area contributed by atoms with E-state index in [-0.39, 0.29) is 30.6 Å². The van der Waals surface area contributed by atoms with Crippen LogP contribution in [0.25, 0.3) is 0 Å². The van der Waals surface area contributed by atoms with Gasteiger partial charge in [0.05, 0.1) is 0 Å². The number of benzene rings is 3. The summed E-state index contributed by atoms with van der Waals surface area (Å²) in [5.41, 5.74) is 1.21. The van der Waals surface area contributed by atoms with Gasteiger partial charge in [0.15, 0.2) is 18.2 Å². The van der Waals surface area contributed by atoms with E-state index in [0.29, 0.717) is 16.8 Å². The molecule has 0 aliphatic rings. The Bertz CT molecular complexity index is 1010. The second kappa shape index (κ2) is 9.45. The normalized spacial score (nSPS) is 10.3. The van der Waals surface area contributed by atoms with Gasteiger partial charge in [-0.2, -0.15) is 0 Å². The van der Waals surface area contributed by atoms with Crippen molar-refractivity contribution in [2.45, 2.75) is 6.54 Å². The van der Waals surface area contributed by atoms with E-state index in [4.69, 9.17) is 4.74 Å². The molecule has 0 radical (unpaired) electrons. The van der Waals surface area contributed by atoms with E-state index in [9.17, 15) is 18.4 Å². The Kier molecular flexibility index (Phi) is 6.52. The molecule has 3 rings (SSSR count). The summed E-state index contributed by atoms with van der Waals surface area (Å²) in [7, 11) is 0. The highest BCUT2D eigenvalue weighted by atomic mass is 19.1. The van der Waals surface area contributed by atoms with Crippen LogP contribution in [0.5, 0.6) is 5.75 Å². The first-order chi connectivity index (χ1) is 14.0. The van der Waals surface area contributed by atoms with E-state index in [2.05, 4.69) is 10.6 Å². The number of halogens is 2. The maximum atomic E-state index is 13.6. The highest BCUT2D eigenvalue weighted by Crippen LogP contribution is 2.15. The lowest BCUT2D eigenvalue weighted by Gasteiger charge is -2.09. The predicted octanol–water partition coefficient (Wildman–Crippen LogP) is 3.91. The Morgan fingerprint density at radius 1 is 0.828 bits per heavy atom. The Morgan fingerprint density at radius 2 is 1.48 bits per heavy atom. The SMILES string of the molecule is O=C(COc1ccccc1F)Nc1ccc(C(=O)NCc2ccccc2F)cc1. The maximum Gasteiger partial charge on any atom is 0.262 e. The largest absolute Gasteiger partial charge is 0.481 e. The van der Waals surface area contributed by atoms with Gasteiger partial charge >= 0.3 is 0 Å². The number of hydrogen-bond acceptors (Lipinski definition) is 3. The second-order valence-corrected chi connectivity index (χ2v) is 6.12. The summed E-state index contributed by atoms with van der Waals surface area (Å²) in [6, 6.07) is 18.2. The summed E-state index contributed by atoms with van der Waals surface area (Å²) in [5, 5.41) is 5.23. The maximum absolute atomic E-state index is 13.6. The first-order valence-electron chi connectivity index (χ1n) is 8.82. The second-order valence-electron chi connectivity index (χ2n) is 6.12. The lowest BCUT2D eigenvalue weighted by molar-refractivity contribution is -0.118. The van der Waals surface area contributed by atoms with Crippen LogP contribution in [0.4, 0.5) is 14.5 Å². The van der Waals surface area contributed by atoms with Gasteiger partial charge in [0, 0.05) is 23.4 Å². The monoisotopic (exact) mass is 396 g/mol. The number of carbonyl (C=O) groups is 2. The number of ether oxygens (including phenoxy) is 1. The Balaban J connectivity index is 1.50. The van der Waals surface area contributed by atoms with Crippen LogP contribution < -0.4 is 15.4 Å². The molecular weight excluding hydrogens is 378 g/mol. The zero-order valence-corrected chi connectivity index (χ0v) is 15.3. The van der Waals surface area contributed by atoms with E-state index in [1.165, 1.54) is 36.4 Å². The van der Waals surface area contributed by atoms with Crippen LogP contribution in [0.3, 0.4) is 0 Å². The van der Waals surface area contributed by atoms with Crippen molar-refractivity contribution in [1.29, 1.82) is 0 Å². The van der Waals surface area contributed by atoms with Crippen molar-refractivity contribution < 1.29 is 23.1 Å². The fourth-order valence-electron chi connectivity index (χ4n) is 2.53. The predicted molar refractivity (Wildman–Crippen MR) is 105 cm³/mol. The topological polar surface area (TPSA) is 67.4 Å². The van der Waals surface area contributed by atoms with Crippen LogP contribution in [0, 0.1) is 11.6 Å². The lowest BCUT2D eigenvalue weighted by atomic mass is 10.1. The van der Waals surface area contributed by atoms with Crippen molar-refractivity contribution in [3.8, 4) is 5.75 Å². The van der Waals surface area contributed by atoms with Crippen molar-refractivity contribution in [3.05, 3.63) is 95.6 Å². The molecule has 7 heteroatoms. The molecule has 3 aromatic carbocycles. The van der Waals surface area contributed by atoms with Gasteiger partial charge in [-0.05, 0) is 42.5 Å². The van der Waals surface area contributed by atoms with E-state index in [1.54, 1.807) is 36.4 Å². The average Bonchev–Trinajstić information content (AvgIpc) is 2.73. The number of carbonyl (C=O) groups excluding carboxylic acids is 2. The molecule has 2 N–H and O–H groups in total. The van der Waals surface area contributed by atoms with Crippen molar-refractivity contribution in [1.82, 2.24) is 5.32 Å². The first-order valence-corrected chi connectivity index (χ1v) is 8.82. The van der Waals surface area contributed by atoms with Gasteiger partial charge < -0.3 is 15.4 Å². The van der Waals surface area contributed by atoms with E-state index < -0.39 is 11.7 Å². The molecule has 0 heterocycles. The lowest BCUT2D eigenvalue weighted by Crippen LogP contribution is -2.23. The number of nitrogens with one attached hydrogen (secondary N) is 2. The average molecular weight is 396 g/mol. The Morgan fingerprint density at radius 3 is 2.17 bits per heavy atom. The van der Waals surface area contributed by atoms with Crippen molar-refractivity contribution in [2.75, 3.05) is 11.9 Å². The molecule has 3 aromatic rings. The van der Waals surface area contributed by atoms with Crippen LogP contribution in [-0.4, -0.2) is 18.4 Å². The van der Waals surface area contributed by atoms with Gasteiger partial charge in [0.25, 0.3) is 11.8 Å². The molecule has 0 saturated heterocycles. The molecule has 0 aliphatic carbocycles. The molecule has 0 atom stereocenters. The van der Waals surface area contributed by atoms with Crippen molar-refractivity contribution >= 4 is 17.5 Å². The molecule has 0 unspecified atom stereocenters. The molecule has 0 saturated carbocycles. The summed E-state index contributed by atoms with van der Waals surface area (Å²) < 4.78 is 32.2. The van der Waals surface area contributed by atoms with E-state index >= 15 is 0 Å². The molecule has 2 amide bonds. The number of hydrogen-bond donors (Lipinski definition) is 2. The smallest absolute Gasteiger partial charge is 0.262 e. The van der Waals surface area contributed by atoms with Crippen LogP contribution in [0.2, 0.25) is 0 Å². The van der Waals surface area contributed by atoms with Gasteiger partial charge in [0.1, 0.15) is 5.82 Å². The molecule has 0 spiro atoms. The molecule has 0 fully saturated rings. The number of rotatable bonds is 7. The minimum absolute atomic E-state index is 0.00970. The van der Waals surface area contributed by atoms with E-state index in [1.807, 2.05) is 0 Å². The summed E-state index contributed by atoms with van der Waals surface area (Å²) in [4.78, 5) is 24.1. The minimum atomic E-state index is -0.550. The summed E-state index contributed by atoms with van der Waals surface area (Å²) >= 11 is 0. The van der Waals surface area contributed by atoms with Crippen LogP contribution in [0.1, 0.15) is 15.9 Å². The number of para-hydroxylation sites is 1.